The highest BCUT2D eigenvalue weighted by molar-refractivity contribution is 14.0. The van der Waals surface area contributed by atoms with Crippen molar-refractivity contribution in [1.82, 2.24) is 9.80 Å². The molecule has 27 heavy (non-hydrogen) atoms. The molecule has 0 aromatic heterocycles. The van der Waals surface area contributed by atoms with Crippen LogP contribution in [0.4, 0.5) is 4.79 Å². The summed E-state index contributed by atoms with van der Waals surface area (Å²) in [6.07, 6.45) is -0.279. The molecule has 1 fully saturated rings. The highest BCUT2D eigenvalue weighted by atomic mass is 127. The molecule has 1 aliphatic rings. The lowest BCUT2D eigenvalue weighted by Crippen LogP contribution is -2.53. The van der Waals surface area contributed by atoms with Gasteiger partial charge in [-0.3, -0.25) is 0 Å². The van der Waals surface area contributed by atoms with E-state index in [0.717, 1.165) is 11.3 Å². The molecule has 0 saturated carbocycles. The van der Waals surface area contributed by atoms with Gasteiger partial charge in [-0.2, -0.15) is 0 Å². The maximum absolute atomic E-state index is 12.1. The molecule has 0 aliphatic carbocycles. The Bertz CT molecular complexity index is 638. The van der Waals surface area contributed by atoms with Crippen LogP contribution in [0, 0.1) is 0 Å². The second kappa shape index (κ2) is 10.6. The topological polar surface area (TPSA) is 80.4 Å². The maximum Gasteiger partial charge on any atom is 0.410 e. The lowest BCUT2D eigenvalue weighted by atomic mass is 10.2. The smallest absolute Gasteiger partial charge is 0.410 e. The summed E-state index contributed by atoms with van der Waals surface area (Å²) in [5.74, 6) is 1.32. The first kappa shape index (κ1) is 23.3. The molecule has 8 heteroatoms. The van der Waals surface area contributed by atoms with Gasteiger partial charge in [-0.05, 0) is 33.8 Å². The number of hydrogen-bond acceptors (Lipinski definition) is 4. The van der Waals surface area contributed by atoms with Crippen LogP contribution in [0.2, 0.25) is 0 Å². The van der Waals surface area contributed by atoms with E-state index in [1.807, 2.05) is 56.9 Å². The number of hydrogen-bond donors (Lipinski definition) is 1. The predicted molar refractivity (Wildman–Crippen MR) is 118 cm³/mol. The van der Waals surface area contributed by atoms with Crippen molar-refractivity contribution in [3.63, 3.8) is 0 Å². The number of aliphatic imine (C=N–C) groups is 1. The Kier molecular flexibility index (Phi) is 9.14. The minimum absolute atomic E-state index is 0. The normalized spacial score (nSPS) is 15.2. The summed E-state index contributed by atoms with van der Waals surface area (Å²) < 4.78 is 11.0. The molecule has 1 aromatic rings. The number of halogens is 1. The Hall–Kier alpha value is -1.71. The van der Waals surface area contributed by atoms with Gasteiger partial charge >= 0.3 is 6.09 Å². The first-order chi connectivity index (χ1) is 12.3. The molecule has 0 unspecified atom stereocenters. The Morgan fingerprint density at radius 2 is 1.74 bits per heavy atom. The number of carbonyl (C=O) groups is 1. The van der Waals surface area contributed by atoms with Crippen LogP contribution in [0.1, 0.15) is 33.3 Å². The van der Waals surface area contributed by atoms with E-state index < -0.39 is 5.60 Å². The lowest BCUT2D eigenvalue weighted by Gasteiger charge is -2.36. The van der Waals surface area contributed by atoms with Gasteiger partial charge in [-0.1, -0.05) is 18.2 Å². The summed E-state index contributed by atoms with van der Waals surface area (Å²) in [7, 11) is 0. The molecule has 2 rings (SSSR count). The highest BCUT2D eigenvalue weighted by Gasteiger charge is 2.26. The number of benzene rings is 1. The van der Waals surface area contributed by atoms with Gasteiger partial charge in [0.1, 0.15) is 11.4 Å². The third-order valence-corrected chi connectivity index (χ3v) is 3.94. The first-order valence-corrected chi connectivity index (χ1v) is 9.03. The van der Waals surface area contributed by atoms with Crippen LogP contribution in [-0.2, 0) is 11.3 Å². The molecule has 1 aromatic carbocycles. The summed E-state index contributed by atoms with van der Waals surface area (Å²) in [4.78, 5) is 20.3. The van der Waals surface area contributed by atoms with E-state index in [-0.39, 0.29) is 30.1 Å². The predicted octanol–water partition coefficient (Wildman–Crippen LogP) is 3.07. The summed E-state index contributed by atoms with van der Waals surface area (Å²) in [5, 5.41) is 0. The number of amides is 1. The number of ether oxygens (including phenoxy) is 2. The van der Waals surface area contributed by atoms with Crippen molar-refractivity contribution < 1.29 is 14.3 Å². The van der Waals surface area contributed by atoms with Crippen molar-refractivity contribution in [2.75, 3.05) is 32.8 Å². The molecule has 0 spiro atoms. The fraction of sp³-hybridized carbons (Fsp3) is 0.579. The van der Waals surface area contributed by atoms with Crippen molar-refractivity contribution in [2.24, 2.45) is 10.7 Å². The van der Waals surface area contributed by atoms with Crippen molar-refractivity contribution in [3.05, 3.63) is 29.8 Å². The van der Waals surface area contributed by atoms with E-state index in [9.17, 15) is 4.79 Å². The maximum atomic E-state index is 12.1. The van der Waals surface area contributed by atoms with E-state index in [1.54, 1.807) is 4.90 Å². The van der Waals surface area contributed by atoms with Gasteiger partial charge in [0, 0.05) is 31.7 Å². The average Bonchev–Trinajstić information content (AvgIpc) is 2.59. The Labute approximate surface area is 178 Å². The van der Waals surface area contributed by atoms with Gasteiger partial charge in [0.05, 0.1) is 13.2 Å². The molecule has 2 N–H and O–H groups in total. The molecule has 1 saturated heterocycles. The molecular weight excluding hydrogens is 459 g/mol. The van der Waals surface area contributed by atoms with Crippen molar-refractivity contribution in [2.45, 2.75) is 39.8 Å². The van der Waals surface area contributed by atoms with Crippen molar-refractivity contribution >= 4 is 36.0 Å². The van der Waals surface area contributed by atoms with E-state index in [2.05, 4.69) is 4.99 Å². The molecule has 1 aliphatic heterocycles. The monoisotopic (exact) mass is 490 g/mol. The Morgan fingerprint density at radius 1 is 1.15 bits per heavy atom. The summed E-state index contributed by atoms with van der Waals surface area (Å²) in [6, 6.07) is 7.83. The molecule has 7 nitrogen and oxygen atoms in total. The fourth-order valence-electron chi connectivity index (χ4n) is 2.64. The standard InChI is InChI=1S/C19H30N4O3.HI/c1-5-25-16-9-7-6-8-15(16)14-21-17(20)22-10-12-23(13-11-22)18(24)26-19(2,3)4;/h6-9H,5,10-14H2,1-4H3,(H2,20,21);1H. The molecule has 1 amide bonds. The number of para-hydroxylation sites is 1. The van der Waals surface area contributed by atoms with Gasteiger partial charge in [0.15, 0.2) is 5.96 Å². The van der Waals surface area contributed by atoms with Gasteiger partial charge in [-0.25, -0.2) is 9.79 Å². The van der Waals surface area contributed by atoms with Gasteiger partial charge in [0.25, 0.3) is 0 Å². The summed E-state index contributed by atoms with van der Waals surface area (Å²) >= 11 is 0. The third kappa shape index (κ3) is 7.43. The van der Waals surface area contributed by atoms with E-state index in [1.165, 1.54) is 0 Å². The van der Waals surface area contributed by atoms with Gasteiger partial charge in [-0.15, -0.1) is 24.0 Å². The second-order valence-electron chi connectivity index (χ2n) is 7.17. The molecule has 152 valence electrons. The number of nitrogens with zero attached hydrogens (tertiary/aromatic N) is 3. The fourth-order valence-corrected chi connectivity index (χ4v) is 2.64. The zero-order valence-electron chi connectivity index (χ0n) is 16.6. The first-order valence-electron chi connectivity index (χ1n) is 9.03. The lowest BCUT2D eigenvalue weighted by molar-refractivity contribution is 0.0186. The zero-order valence-corrected chi connectivity index (χ0v) is 18.9. The minimum atomic E-state index is -0.483. The van der Waals surface area contributed by atoms with E-state index in [0.29, 0.717) is 45.3 Å². The third-order valence-electron chi connectivity index (χ3n) is 3.94. The van der Waals surface area contributed by atoms with E-state index >= 15 is 0 Å². The van der Waals surface area contributed by atoms with Crippen LogP contribution in [0.3, 0.4) is 0 Å². The molecule has 0 radical (unpaired) electrons. The number of rotatable bonds is 4. The highest BCUT2D eigenvalue weighted by Crippen LogP contribution is 2.19. The SMILES string of the molecule is CCOc1ccccc1CN=C(N)N1CCN(C(=O)OC(C)(C)C)CC1.I. The van der Waals surface area contributed by atoms with Crippen LogP contribution >= 0.6 is 24.0 Å². The van der Waals surface area contributed by atoms with Gasteiger partial charge in [0.2, 0.25) is 0 Å². The Balaban J connectivity index is 0.00000364. The zero-order chi connectivity index (χ0) is 19.2. The Morgan fingerprint density at radius 3 is 2.33 bits per heavy atom. The van der Waals surface area contributed by atoms with Crippen LogP contribution in [0.5, 0.6) is 5.75 Å². The number of piperazine rings is 1. The summed E-state index contributed by atoms with van der Waals surface area (Å²) in [5.41, 5.74) is 6.66. The number of carbonyl (C=O) groups excluding carboxylic acids is 1. The molecular formula is C19H31IN4O3. The number of nitrogens with two attached hydrogens (primary N) is 1. The number of guanidine groups is 1. The quantitative estimate of drug-likeness (QED) is 0.399. The molecule has 1 heterocycles. The average molecular weight is 490 g/mol. The second-order valence-corrected chi connectivity index (χ2v) is 7.17. The van der Waals surface area contributed by atoms with Crippen LogP contribution < -0.4 is 10.5 Å². The van der Waals surface area contributed by atoms with Crippen molar-refractivity contribution in [3.8, 4) is 5.75 Å². The van der Waals surface area contributed by atoms with Crippen LogP contribution in [0.25, 0.3) is 0 Å². The largest absolute Gasteiger partial charge is 0.494 e. The minimum Gasteiger partial charge on any atom is -0.494 e. The molecule has 0 atom stereocenters. The van der Waals surface area contributed by atoms with Crippen LogP contribution in [0.15, 0.2) is 29.3 Å². The van der Waals surface area contributed by atoms with Crippen LogP contribution in [-0.4, -0.2) is 60.2 Å². The summed E-state index contributed by atoms with van der Waals surface area (Å²) in [6.45, 7) is 11.1. The van der Waals surface area contributed by atoms with E-state index in [4.69, 9.17) is 15.2 Å². The molecule has 0 bridgehead atoms. The van der Waals surface area contributed by atoms with Gasteiger partial charge < -0.3 is 25.0 Å². The van der Waals surface area contributed by atoms with Crippen molar-refractivity contribution in [1.29, 1.82) is 0 Å².